The molecule has 0 saturated carbocycles. The van der Waals surface area contributed by atoms with Crippen LogP contribution in [0.2, 0.25) is 5.02 Å². The first-order valence-electron chi connectivity index (χ1n) is 5.77. The third-order valence-corrected chi connectivity index (χ3v) is 2.91. The Morgan fingerprint density at radius 2 is 1.95 bits per heavy atom. The lowest BCUT2D eigenvalue weighted by Crippen LogP contribution is -2.33. The second-order valence-corrected chi connectivity index (χ2v) is 4.52. The Morgan fingerprint density at radius 1 is 1.37 bits per heavy atom. The molecule has 1 aromatic rings. The molecule has 0 aromatic heterocycles. The summed E-state index contributed by atoms with van der Waals surface area (Å²) in [6, 6.07) is 6.60. The molecule has 0 radical (unpaired) electrons. The molecule has 0 fully saturated rings. The summed E-state index contributed by atoms with van der Waals surface area (Å²) in [7, 11) is 2.93. The summed E-state index contributed by atoms with van der Waals surface area (Å²) >= 11 is 5.82. The molecule has 0 aliphatic rings. The molecule has 0 aliphatic heterocycles. The molecule has 1 atom stereocenters. The molecule has 0 saturated heterocycles. The van der Waals surface area contributed by atoms with Gasteiger partial charge in [-0.25, -0.2) is 5.06 Å². The van der Waals surface area contributed by atoms with Gasteiger partial charge in [-0.3, -0.25) is 14.4 Å². The Labute approximate surface area is 117 Å². The summed E-state index contributed by atoms with van der Waals surface area (Å²) in [5, 5.41) is 4.47. The molecule has 1 N–H and O–H groups in total. The van der Waals surface area contributed by atoms with Gasteiger partial charge in [0.15, 0.2) is 0 Å². The Balaban J connectivity index is 2.85. The molecule has 2 amide bonds. The van der Waals surface area contributed by atoms with E-state index in [1.807, 2.05) is 0 Å². The number of carbonyl (C=O) groups is 2. The van der Waals surface area contributed by atoms with Crippen molar-refractivity contribution in [3.8, 4) is 0 Å². The van der Waals surface area contributed by atoms with Crippen molar-refractivity contribution in [2.45, 2.75) is 19.4 Å². The maximum absolute atomic E-state index is 11.8. The molecule has 5 nitrogen and oxygen atoms in total. The highest BCUT2D eigenvalue weighted by Crippen LogP contribution is 2.20. The summed E-state index contributed by atoms with van der Waals surface area (Å²) in [5.41, 5.74) is 0.817. The van der Waals surface area contributed by atoms with Gasteiger partial charge < -0.3 is 5.32 Å². The summed E-state index contributed by atoms with van der Waals surface area (Å²) in [4.78, 5) is 27.9. The fourth-order valence-electron chi connectivity index (χ4n) is 1.60. The number of nitrogens with one attached hydrogen (secondary N) is 1. The van der Waals surface area contributed by atoms with Gasteiger partial charge in [0, 0.05) is 19.0 Å². The fourth-order valence-corrected chi connectivity index (χ4v) is 1.72. The van der Waals surface area contributed by atoms with Gasteiger partial charge >= 0.3 is 0 Å². The summed E-state index contributed by atoms with van der Waals surface area (Å²) in [5.74, 6) is -0.427. The fraction of sp³-hybridized carbons (Fsp3) is 0.385. The smallest absolute Gasteiger partial charge is 0.248 e. The normalized spacial score (nSPS) is 11.8. The molecular formula is C13H17ClN2O3. The summed E-state index contributed by atoms with van der Waals surface area (Å²) < 4.78 is 0. The number of nitrogens with zero attached hydrogens (tertiary/aromatic N) is 1. The minimum atomic E-state index is -0.403. The van der Waals surface area contributed by atoms with Crippen LogP contribution in [-0.4, -0.2) is 31.0 Å². The largest absolute Gasteiger partial charge is 0.349 e. The van der Waals surface area contributed by atoms with Crippen molar-refractivity contribution in [2.24, 2.45) is 0 Å². The van der Waals surface area contributed by atoms with E-state index >= 15 is 0 Å². The number of halogens is 1. The Bertz CT molecular complexity index is 448. The second-order valence-electron chi connectivity index (χ2n) is 4.08. The highest BCUT2D eigenvalue weighted by molar-refractivity contribution is 6.30. The number of amides is 2. The van der Waals surface area contributed by atoms with Crippen molar-refractivity contribution in [3.05, 3.63) is 34.9 Å². The monoisotopic (exact) mass is 284 g/mol. The Morgan fingerprint density at radius 3 is 2.42 bits per heavy atom. The predicted octanol–water partition coefficient (Wildman–Crippen LogP) is 1.93. The molecule has 1 rings (SSSR count). The summed E-state index contributed by atoms with van der Waals surface area (Å²) in [6.07, 6.45) is 0.117. The molecule has 0 spiro atoms. The number of benzene rings is 1. The van der Waals surface area contributed by atoms with Crippen LogP contribution in [-0.2, 0) is 14.4 Å². The van der Waals surface area contributed by atoms with Crippen LogP contribution in [0.4, 0.5) is 0 Å². The van der Waals surface area contributed by atoms with Gasteiger partial charge in [-0.05, 0) is 17.7 Å². The number of hydroxylamine groups is 2. The SMILES string of the molecule is CON(C)C(=O)CC(NC(C)=O)c1ccc(Cl)cc1. The molecule has 6 heteroatoms. The van der Waals surface area contributed by atoms with E-state index in [1.54, 1.807) is 24.3 Å². The maximum atomic E-state index is 11.8. The van der Waals surface area contributed by atoms with Crippen molar-refractivity contribution < 1.29 is 14.4 Å². The van der Waals surface area contributed by atoms with Crippen LogP contribution in [0.25, 0.3) is 0 Å². The van der Waals surface area contributed by atoms with E-state index in [4.69, 9.17) is 16.4 Å². The van der Waals surface area contributed by atoms with Crippen molar-refractivity contribution in [2.75, 3.05) is 14.2 Å². The van der Waals surface area contributed by atoms with E-state index in [2.05, 4.69) is 5.32 Å². The molecule has 1 unspecified atom stereocenters. The lowest BCUT2D eigenvalue weighted by Gasteiger charge is -2.21. The number of carbonyl (C=O) groups excluding carboxylic acids is 2. The zero-order valence-electron chi connectivity index (χ0n) is 11.1. The zero-order chi connectivity index (χ0) is 14.4. The number of rotatable bonds is 5. The second kappa shape index (κ2) is 7.11. The van der Waals surface area contributed by atoms with Gasteiger partial charge in [0.1, 0.15) is 0 Å². The van der Waals surface area contributed by atoms with Crippen LogP contribution in [0, 0.1) is 0 Å². The number of hydrogen-bond donors (Lipinski definition) is 1. The molecule has 0 aliphatic carbocycles. The number of hydrogen-bond acceptors (Lipinski definition) is 3. The third-order valence-electron chi connectivity index (χ3n) is 2.65. The van der Waals surface area contributed by atoms with Crippen LogP contribution >= 0.6 is 11.6 Å². The Hall–Kier alpha value is -1.59. The van der Waals surface area contributed by atoms with E-state index in [-0.39, 0.29) is 18.2 Å². The standard InChI is InChI=1S/C13H17ClN2O3/c1-9(17)15-12(8-13(18)16(2)19-3)10-4-6-11(14)7-5-10/h4-7,12H,8H2,1-3H3,(H,15,17). The molecular weight excluding hydrogens is 268 g/mol. The lowest BCUT2D eigenvalue weighted by molar-refractivity contribution is -0.169. The van der Waals surface area contributed by atoms with E-state index < -0.39 is 6.04 Å². The van der Waals surface area contributed by atoms with Crippen LogP contribution in [0.1, 0.15) is 24.9 Å². The van der Waals surface area contributed by atoms with E-state index in [9.17, 15) is 9.59 Å². The van der Waals surface area contributed by atoms with Crippen molar-refractivity contribution >= 4 is 23.4 Å². The van der Waals surface area contributed by atoms with Gasteiger partial charge in [-0.1, -0.05) is 23.7 Å². The van der Waals surface area contributed by atoms with Crippen molar-refractivity contribution in [3.63, 3.8) is 0 Å². The first kappa shape index (κ1) is 15.5. The average Bonchev–Trinajstić information content (AvgIpc) is 2.37. The van der Waals surface area contributed by atoms with Gasteiger partial charge in [-0.15, -0.1) is 0 Å². The van der Waals surface area contributed by atoms with Crippen molar-refractivity contribution in [1.82, 2.24) is 10.4 Å². The van der Waals surface area contributed by atoms with Crippen LogP contribution in [0.3, 0.4) is 0 Å². The average molecular weight is 285 g/mol. The van der Waals surface area contributed by atoms with E-state index in [0.717, 1.165) is 10.6 Å². The molecule has 104 valence electrons. The molecule has 0 heterocycles. The van der Waals surface area contributed by atoms with Gasteiger partial charge in [-0.2, -0.15) is 0 Å². The highest BCUT2D eigenvalue weighted by atomic mass is 35.5. The summed E-state index contributed by atoms with van der Waals surface area (Å²) in [6.45, 7) is 1.41. The van der Waals surface area contributed by atoms with Gasteiger partial charge in [0.2, 0.25) is 11.8 Å². The van der Waals surface area contributed by atoms with Gasteiger partial charge in [0.25, 0.3) is 0 Å². The quantitative estimate of drug-likeness (QED) is 0.841. The maximum Gasteiger partial charge on any atom is 0.248 e. The van der Waals surface area contributed by atoms with Crippen molar-refractivity contribution in [1.29, 1.82) is 0 Å². The molecule has 19 heavy (non-hydrogen) atoms. The van der Waals surface area contributed by atoms with E-state index in [0.29, 0.717) is 5.02 Å². The van der Waals surface area contributed by atoms with Crippen LogP contribution in [0.5, 0.6) is 0 Å². The van der Waals surface area contributed by atoms with E-state index in [1.165, 1.54) is 21.1 Å². The zero-order valence-corrected chi connectivity index (χ0v) is 11.9. The third kappa shape index (κ3) is 4.89. The topological polar surface area (TPSA) is 58.6 Å². The minimum absolute atomic E-state index is 0.117. The molecule has 0 bridgehead atoms. The Kier molecular flexibility index (Phi) is 5.79. The highest BCUT2D eigenvalue weighted by Gasteiger charge is 2.19. The van der Waals surface area contributed by atoms with Crippen LogP contribution < -0.4 is 5.32 Å². The predicted molar refractivity (Wildman–Crippen MR) is 72.4 cm³/mol. The minimum Gasteiger partial charge on any atom is -0.349 e. The lowest BCUT2D eigenvalue weighted by atomic mass is 10.0. The first-order chi connectivity index (χ1) is 8.93. The van der Waals surface area contributed by atoms with Crippen LogP contribution in [0.15, 0.2) is 24.3 Å². The molecule has 1 aromatic carbocycles. The first-order valence-corrected chi connectivity index (χ1v) is 6.15. The van der Waals surface area contributed by atoms with Gasteiger partial charge in [0.05, 0.1) is 19.6 Å².